The third-order valence-corrected chi connectivity index (χ3v) is 4.90. The van der Waals surface area contributed by atoms with E-state index in [0.29, 0.717) is 17.1 Å². The van der Waals surface area contributed by atoms with E-state index in [1.807, 2.05) is 32.0 Å². The van der Waals surface area contributed by atoms with E-state index in [9.17, 15) is 9.59 Å². The molecule has 138 valence electrons. The molecule has 1 N–H and O–H groups in total. The van der Waals surface area contributed by atoms with Crippen LogP contribution in [0.15, 0.2) is 36.4 Å². The number of carbonyl (C=O) groups is 2. The third-order valence-electron chi connectivity index (χ3n) is 3.96. The Bertz CT molecular complexity index is 804. The molecule has 0 spiro atoms. The van der Waals surface area contributed by atoms with Crippen LogP contribution in [0.25, 0.3) is 0 Å². The van der Waals surface area contributed by atoms with E-state index in [1.54, 1.807) is 25.3 Å². The van der Waals surface area contributed by atoms with Crippen molar-refractivity contribution in [1.82, 2.24) is 0 Å². The van der Waals surface area contributed by atoms with Crippen molar-refractivity contribution in [3.8, 4) is 11.5 Å². The molecular weight excluding hydrogens is 350 g/mol. The normalized spacial score (nSPS) is 10.3. The van der Waals surface area contributed by atoms with E-state index in [2.05, 4.69) is 5.32 Å². The summed E-state index contributed by atoms with van der Waals surface area (Å²) in [6, 6.07) is 10.8. The Balaban J connectivity index is 1.85. The Morgan fingerprint density at radius 3 is 2.31 bits per heavy atom. The molecule has 0 aromatic heterocycles. The van der Waals surface area contributed by atoms with E-state index in [4.69, 9.17) is 9.47 Å². The zero-order valence-corrected chi connectivity index (χ0v) is 16.2. The number of methoxy groups -OCH3 is 2. The second kappa shape index (κ2) is 9.29. The zero-order chi connectivity index (χ0) is 19.1. The molecule has 0 aliphatic heterocycles. The molecule has 0 aliphatic rings. The first-order valence-corrected chi connectivity index (χ1v) is 9.30. The lowest BCUT2D eigenvalue weighted by atomic mass is 10.1. The standard InChI is InChI=1S/C20H23NO4S/c1-13-5-7-16(9-14(13)2)21-20(23)12-26-11-17(22)15-6-8-18(24-3)19(10-15)25-4/h5-10H,11-12H2,1-4H3,(H,21,23). The first kappa shape index (κ1) is 19.8. The van der Waals surface area contributed by atoms with Crippen LogP contribution in [0.1, 0.15) is 21.5 Å². The number of aryl methyl sites for hydroxylation is 2. The summed E-state index contributed by atoms with van der Waals surface area (Å²) in [6.07, 6.45) is 0. The second-order valence-corrected chi connectivity index (χ2v) is 6.82. The van der Waals surface area contributed by atoms with Crippen LogP contribution < -0.4 is 14.8 Å². The van der Waals surface area contributed by atoms with Crippen LogP contribution in [0.2, 0.25) is 0 Å². The van der Waals surface area contributed by atoms with Crippen molar-refractivity contribution in [2.75, 3.05) is 31.0 Å². The molecule has 0 heterocycles. The number of ketones is 1. The van der Waals surface area contributed by atoms with Gasteiger partial charge in [-0.3, -0.25) is 9.59 Å². The monoisotopic (exact) mass is 373 g/mol. The van der Waals surface area contributed by atoms with Crippen molar-refractivity contribution in [1.29, 1.82) is 0 Å². The number of rotatable bonds is 8. The molecule has 0 atom stereocenters. The van der Waals surface area contributed by atoms with Gasteiger partial charge in [-0.2, -0.15) is 0 Å². The van der Waals surface area contributed by atoms with Crippen molar-refractivity contribution in [2.45, 2.75) is 13.8 Å². The van der Waals surface area contributed by atoms with Gasteiger partial charge >= 0.3 is 0 Å². The SMILES string of the molecule is COc1ccc(C(=O)CSCC(=O)Nc2ccc(C)c(C)c2)cc1OC. The fourth-order valence-electron chi connectivity index (χ4n) is 2.35. The fraction of sp³-hybridized carbons (Fsp3) is 0.300. The predicted molar refractivity (Wildman–Crippen MR) is 106 cm³/mol. The van der Waals surface area contributed by atoms with E-state index >= 15 is 0 Å². The molecule has 2 aromatic carbocycles. The molecule has 0 saturated heterocycles. The lowest BCUT2D eigenvalue weighted by molar-refractivity contribution is -0.113. The molecule has 0 bridgehead atoms. The summed E-state index contributed by atoms with van der Waals surface area (Å²) >= 11 is 1.28. The van der Waals surface area contributed by atoms with Gasteiger partial charge in [-0.15, -0.1) is 11.8 Å². The second-order valence-electron chi connectivity index (χ2n) is 5.83. The molecule has 6 heteroatoms. The summed E-state index contributed by atoms with van der Waals surface area (Å²) in [7, 11) is 3.07. The molecule has 0 aliphatic carbocycles. The number of amides is 1. The molecule has 2 aromatic rings. The van der Waals surface area contributed by atoms with Gasteiger partial charge in [-0.05, 0) is 55.3 Å². The average molecular weight is 373 g/mol. The van der Waals surface area contributed by atoms with Crippen molar-refractivity contribution in [3.05, 3.63) is 53.1 Å². The number of Topliss-reactive ketones (excluding diaryl/α,β-unsaturated/α-hetero) is 1. The molecule has 0 saturated carbocycles. The third kappa shape index (κ3) is 5.26. The van der Waals surface area contributed by atoms with Gasteiger partial charge in [0.2, 0.25) is 5.91 Å². The largest absolute Gasteiger partial charge is 0.493 e. The lowest BCUT2D eigenvalue weighted by Gasteiger charge is -2.09. The molecule has 2 rings (SSSR count). The van der Waals surface area contributed by atoms with Crippen LogP contribution in [0.3, 0.4) is 0 Å². The van der Waals surface area contributed by atoms with Gasteiger partial charge in [0.1, 0.15) is 0 Å². The van der Waals surface area contributed by atoms with Crippen LogP contribution in [-0.2, 0) is 4.79 Å². The van der Waals surface area contributed by atoms with E-state index in [-0.39, 0.29) is 23.2 Å². The van der Waals surface area contributed by atoms with Gasteiger partial charge in [-0.25, -0.2) is 0 Å². The molecule has 0 unspecified atom stereocenters. The molecule has 5 nitrogen and oxygen atoms in total. The minimum Gasteiger partial charge on any atom is -0.493 e. The van der Waals surface area contributed by atoms with Gasteiger partial charge in [-0.1, -0.05) is 6.07 Å². The number of hydrogen-bond donors (Lipinski definition) is 1. The maximum absolute atomic E-state index is 12.3. The number of thioether (sulfide) groups is 1. The predicted octanol–water partition coefficient (Wildman–Crippen LogP) is 3.88. The number of ether oxygens (including phenoxy) is 2. The highest BCUT2D eigenvalue weighted by molar-refractivity contribution is 8.00. The Morgan fingerprint density at radius 1 is 0.923 bits per heavy atom. The average Bonchev–Trinajstić information content (AvgIpc) is 2.64. The Morgan fingerprint density at radius 2 is 1.65 bits per heavy atom. The highest BCUT2D eigenvalue weighted by Gasteiger charge is 2.12. The van der Waals surface area contributed by atoms with Crippen molar-refractivity contribution >= 4 is 29.1 Å². The minimum atomic E-state index is -0.127. The highest BCUT2D eigenvalue weighted by atomic mass is 32.2. The number of hydrogen-bond acceptors (Lipinski definition) is 5. The van der Waals surface area contributed by atoms with Crippen molar-refractivity contribution < 1.29 is 19.1 Å². The number of anilines is 1. The zero-order valence-electron chi connectivity index (χ0n) is 15.4. The Kier molecular flexibility index (Phi) is 7.09. The Labute approximate surface area is 158 Å². The van der Waals surface area contributed by atoms with Crippen LogP contribution in [0.4, 0.5) is 5.69 Å². The summed E-state index contributed by atoms with van der Waals surface area (Å²) in [6.45, 7) is 4.03. The summed E-state index contributed by atoms with van der Waals surface area (Å²) < 4.78 is 10.4. The van der Waals surface area contributed by atoms with Crippen molar-refractivity contribution in [3.63, 3.8) is 0 Å². The van der Waals surface area contributed by atoms with Gasteiger partial charge < -0.3 is 14.8 Å². The maximum atomic E-state index is 12.3. The van der Waals surface area contributed by atoms with Crippen LogP contribution in [0.5, 0.6) is 11.5 Å². The van der Waals surface area contributed by atoms with E-state index in [1.165, 1.54) is 24.4 Å². The van der Waals surface area contributed by atoms with E-state index in [0.717, 1.165) is 11.3 Å². The minimum absolute atomic E-state index is 0.0602. The summed E-state index contributed by atoms with van der Waals surface area (Å²) in [4.78, 5) is 24.3. The van der Waals surface area contributed by atoms with Crippen LogP contribution in [0, 0.1) is 13.8 Å². The molecular formula is C20H23NO4S. The van der Waals surface area contributed by atoms with Crippen LogP contribution >= 0.6 is 11.8 Å². The van der Waals surface area contributed by atoms with Crippen molar-refractivity contribution in [2.24, 2.45) is 0 Å². The summed E-state index contributed by atoms with van der Waals surface area (Å²) in [5.74, 6) is 1.33. The quantitative estimate of drug-likeness (QED) is 0.712. The smallest absolute Gasteiger partial charge is 0.234 e. The fourth-order valence-corrected chi connectivity index (χ4v) is 3.06. The molecule has 0 radical (unpaired) electrons. The molecule has 0 fully saturated rings. The molecule has 1 amide bonds. The Hall–Kier alpha value is -2.47. The molecule has 26 heavy (non-hydrogen) atoms. The maximum Gasteiger partial charge on any atom is 0.234 e. The topological polar surface area (TPSA) is 64.6 Å². The van der Waals surface area contributed by atoms with Gasteiger partial charge in [0.15, 0.2) is 17.3 Å². The highest BCUT2D eigenvalue weighted by Crippen LogP contribution is 2.28. The number of benzene rings is 2. The summed E-state index contributed by atoms with van der Waals surface area (Å²) in [5, 5.41) is 2.85. The first-order valence-electron chi connectivity index (χ1n) is 8.14. The van der Waals surface area contributed by atoms with Gasteiger partial charge in [0.05, 0.1) is 25.7 Å². The summed E-state index contributed by atoms with van der Waals surface area (Å²) in [5.41, 5.74) is 3.60. The lowest BCUT2D eigenvalue weighted by Crippen LogP contribution is -2.15. The van der Waals surface area contributed by atoms with Crippen LogP contribution in [-0.4, -0.2) is 37.4 Å². The van der Waals surface area contributed by atoms with Gasteiger partial charge in [0, 0.05) is 11.3 Å². The first-order chi connectivity index (χ1) is 12.4. The van der Waals surface area contributed by atoms with E-state index < -0.39 is 0 Å². The van der Waals surface area contributed by atoms with Gasteiger partial charge in [0.25, 0.3) is 0 Å². The number of carbonyl (C=O) groups excluding carboxylic acids is 2. The number of nitrogens with one attached hydrogen (secondary N) is 1.